The number of carbonyl (C=O) groups is 2. The Morgan fingerprint density at radius 3 is 3.00 bits per heavy atom. The van der Waals surface area contributed by atoms with Gasteiger partial charge in [-0.3, -0.25) is 9.59 Å². The molecule has 2 N–H and O–H groups in total. The Hall–Kier alpha value is -1.63. The topological polar surface area (TPSA) is 58.2 Å². The van der Waals surface area contributed by atoms with Crippen molar-refractivity contribution in [2.24, 2.45) is 0 Å². The molecule has 0 bridgehead atoms. The van der Waals surface area contributed by atoms with Crippen molar-refractivity contribution in [2.45, 2.75) is 10.6 Å². The standard InChI is InChI=1S/C17H15ClN2O2S2/c18-12-3-1-2-11(6-12)8-23-9-16(21)19-13-4-5-15-14(7-13)20-17(22)10-24-15/h1-7H,8-10H2,(H,19,21)(H,20,22). The van der Waals surface area contributed by atoms with Crippen LogP contribution in [0.25, 0.3) is 0 Å². The Labute approximate surface area is 153 Å². The highest BCUT2D eigenvalue weighted by Crippen LogP contribution is 2.33. The number of halogens is 1. The highest BCUT2D eigenvalue weighted by atomic mass is 35.5. The predicted molar refractivity (Wildman–Crippen MR) is 102 cm³/mol. The normalized spacial score (nSPS) is 13.1. The van der Waals surface area contributed by atoms with Gasteiger partial charge >= 0.3 is 0 Å². The molecule has 4 nitrogen and oxygen atoms in total. The van der Waals surface area contributed by atoms with Gasteiger partial charge in [0.05, 0.1) is 17.2 Å². The van der Waals surface area contributed by atoms with E-state index in [4.69, 9.17) is 11.6 Å². The molecule has 1 aliphatic rings. The number of anilines is 2. The number of carbonyl (C=O) groups excluding carboxylic acids is 2. The summed E-state index contributed by atoms with van der Waals surface area (Å²) in [5, 5.41) is 6.37. The van der Waals surface area contributed by atoms with Crippen molar-refractivity contribution in [3.63, 3.8) is 0 Å². The fourth-order valence-electron chi connectivity index (χ4n) is 2.25. The molecule has 0 aromatic heterocycles. The van der Waals surface area contributed by atoms with Crippen LogP contribution in [0.4, 0.5) is 11.4 Å². The van der Waals surface area contributed by atoms with E-state index in [2.05, 4.69) is 10.6 Å². The molecule has 0 aliphatic carbocycles. The summed E-state index contributed by atoms with van der Waals surface area (Å²) >= 11 is 8.97. The molecule has 3 rings (SSSR count). The summed E-state index contributed by atoms with van der Waals surface area (Å²) in [6.07, 6.45) is 0. The zero-order chi connectivity index (χ0) is 16.9. The molecule has 0 atom stereocenters. The summed E-state index contributed by atoms with van der Waals surface area (Å²) in [7, 11) is 0. The molecule has 2 aromatic carbocycles. The Bertz CT molecular complexity index is 783. The molecule has 0 radical (unpaired) electrons. The molecule has 124 valence electrons. The zero-order valence-corrected chi connectivity index (χ0v) is 15.1. The minimum absolute atomic E-state index is 0.0203. The largest absolute Gasteiger partial charge is 0.325 e. The van der Waals surface area contributed by atoms with E-state index in [-0.39, 0.29) is 11.8 Å². The Balaban J connectivity index is 1.52. The van der Waals surface area contributed by atoms with Crippen molar-refractivity contribution in [3.05, 3.63) is 53.1 Å². The molecule has 2 aromatic rings. The molecule has 0 fully saturated rings. The number of fused-ring (bicyclic) bond motifs is 1. The fourth-order valence-corrected chi connectivity index (χ4v) is 4.02. The highest BCUT2D eigenvalue weighted by Gasteiger charge is 2.15. The van der Waals surface area contributed by atoms with Gasteiger partial charge < -0.3 is 10.6 Å². The third-order valence-corrected chi connectivity index (χ3v) is 5.60. The smallest absolute Gasteiger partial charge is 0.234 e. The number of hydrogen-bond donors (Lipinski definition) is 2. The SMILES string of the molecule is O=C(CSCc1cccc(Cl)c1)Nc1ccc2c(c1)NC(=O)CS2. The van der Waals surface area contributed by atoms with Gasteiger partial charge in [-0.25, -0.2) is 0 Å². The summed E-state index contributed by atoms with van der Waals surface area (Å²) in [6, 6.07) is 13.2. The van der Waals surface area contributed by atoms with Gasteiger partial charge in [-0.2, -0.15) is 0 Å². The minimum atomic E-state index is -0.0724. The van der Waals surface area contributed by atoms with Crippen molar-refractivity contribution in [1.29, 1.82) is 0 Å². The van der Waals surface area contributed by atoms with Crippen LogP contribution in [0.15, 0.2) is 47.4 Å². The predicted octanol–water partition coefficient (Wildman–Crippen LogP) is 4.26. The quantitative estimate of drug-likeness (QED) is 0.816. The second kappa shape index (κ2) is 7.96. The van der Waals surface area contributed by atoms with Gasteiger partial charge in [0.2, 0.25) is 11.8 Å². The first kappa shape index (κ1) is 17.2. The van der Waals surface area contributed by atoms with E-state index < -0.39 is 0 Å². The average Bonchev–Trinajstić information content (AvgIpc) is 2.54. The summed E-state index contributed by atoms with van der Waals surface area (Å²) in [5.74, 6) is 1.42. The van der Waals surface area contributed by atoms with Crippen LogP contribution in [-0.2, 0) is 15.3 Å². The average molecular weight is 379 g/mol. The van der Waals surface area contributed by atoms with E-state index in [0.29, 0.717) is 22.2 Å². The van der Waals surface area contributed by atoms with E-state index in [1.54, 1.807) is 6.07 Å². The van der Waals surface area contributed by atoms with Crippen molar-refractivity contribution in [3.8, 4) is 0 Å². The molecule has 0 saturated heterocycles. The van der Waals surface area contributed by atoms with Crippen LogP contribution in [0.2, 0.25) is 5.02 Å². The van der Waals surface area contributed by atoms with Crippen LogP contribution < -0.4 is 10.6 Å². The molecular weight excluding hydrogens is 364 g/mol. The third kappa shape index (κ3) is 4.69. The van der Waals surface area contributed by atoms with Gasteiger partial charge in [-0.1, -0.05) is 23.7 Å². The first-order valence-electron chi connectivity index (χ1n) is 7.29. The second-order valence-electron chi connectivity index (χ2n) is 5.22. The molecule has 0 unspecified atom stereocenters. The number of amides is 2. The number of rotatable bonds is 5. The number of hydrogen-bond acceptors (Lipinski definition) is 4. The van der Waals surface area contributed by atoms with Gasteiger partial charge in [0.25, 0.3) is 0 Å². The fraction of sp³-hybridized carbons (Fsp3) is 0.176. The first-order valence-corrected chi connectivity index (χ1v) is 9.81. The van der Waals surface area contributed by atoms with Crippen molar-refractivity contribution < 1.29 is 9.59 Å². The van der Waals surface area contributed by atoms with E-state index >= 15 is 0 Å². The van der Waals surface area contributed by atoms with Crippen LogP contribution in [0.1, 0.15) is 5.56 Å². The minimum Gasteiger partial charge on any atom is -0.325 e. The Kier molecular flexibility index (Phi) is 5.71. The summed E-state index contributed by atoms with van der Waals surface area (Å²) < 4.78 is 0. The van der Waals surface area contributed by atoms with E-state index in [9.17, 15) is 9.59 Å². The van der Waals surface area contributed by atoms with Crippen LogP contribution in [0.5, 0.6) is 0 Å². The number of benzene rings is 2. The van der Waals surface area contributed by atoms with Gasteiger partial charge in [0.1, 0.15) is 0 Å². The van der Waals surface area contributed by atoms with Gasteiger partial charge in [-0.05, 0) is 35.9 Å². The lowest BCUT2D eigenvalue weighted by atomic mass is 10.2. The van der Waals surface area contributed by atoms with Crippen LogP contribution in [-0.4, -0.2) is 23.3 Å². The summed E-state index contributed by atoms with van der Waals surface area (Å²) in [5.41, 5.74) is 2.53. The highest BCUT2D eigenvalue weighted by molar-refractivity contribution is 8.00. The second-order valence-corrected chi connectivity index (χ2v) is 7.66. The van der Waals surface area contributed by atoms with Crippen molar-refractivity contribution >= 4 is 58.3 Å². The number of nitrogens with one attached hydrogen (secondary N) is 2. The van der Waals surface area contributed by atoms with Crippen molar-refractivity contribution in [1.82, 2.24) is 0 Å². The van der Waals surface area contributed by atoms with E-state index in [1.807, 2.05) is 36.4 Å². The maximum Gasteiger partial charge on any atom is 0.234 e. The lowest BCUT2D eigenvalue weighted by Gasteiger charge is -2.17. The molecule has 1 aliphatic heterocycles. The lowest BCUT2D eigenvalue weighted by molar-refractivity contribution is -0.114. The van der Waals surface area contributed by atoms with E-state index in [0.717, 1.165) is 21.9 Å². The van der Waals surface area contributed by atoms with Crippen molar-refractivity contribution in [2.75, 3.05) is 22.1 Å². The maximum absolute atomic E-state index is 12.1. The lowest BCUT2D eigenvalue weighted by Crippen LogP contribution is -2.19. The Morgan fingerprint density at radius 2 is 2.17 bits per heavy atom. The zero-order valence-electron chi connectivity index (χ0n) is 12.7. The molecule has 7 heteroatoms. The summed E-state index contributed by atoms with van der Waals surface area (Å²) in [4.78, 5) is 24.5. The molecule has 24 heavy (non-hydrogen) atoms. The molecular formula is C17H15ClN2O2S2. The molecule has 0 saturated carbocycles. The van der Waals surface area contributed by atoms with E-state index in [1.165, 1.54) is 23.5 Å². The third-order valence-electron chi connectivity index (χ3n) is 3.29. The molecule has 0 spiro atoms. The van der Waals surface area contributed by atoms with Gasteiger partial charge in [0.15, 0.2) is 0 Å². The van der Waals surface area contributed by atoms with Crippen LogP contribution in [0.3, 0.4) is 0 Å². The van der Waals surface area contributed by atoms with Gasteiger partial charge in [-0.15, -0.1) is 23.5 Å². The number of thioether (sulfide) groups is 2. The molecule has 2 amide bonds. The van der Waals surface area contributed by atoms with Crippen LogP contribution >= 0.6 is 35.1 Å². The summed E-state index contributed by atoms with van der Waals surface area (Å²) in [6.45, 7) is 0. The van der Waals surface area contributed by atoms with Gasteiger partial charge in [0, 0.05) is 21.4 Å². The Morgan fingerprint density at radius 1 is 1.29 bits per heavy atom. The molecule has 1 heterocycles. The monoisotopic (exact) mass is 378 g/mol. The van der Waals surface area contributed by atoms with Crippen LogP contribution in [0, 0.1) is 0 Å². The first-order chi connectivity index (χ1) is 11.6. The maximum atomic E-state index is 12.1.